The summed E-state index contributed by atoms with van der Waals surface area (Å²) in [5.74, 6) is -0.780. The van der Waals surface area contributed by atoms with Crippen molar-refractivity contribution in [1.29, 1.82) is 0 Å². The molecule has 0 saturated heterocycles. The fourth-order valence-electron chi connectivity index (χ4n) is 3.36. The smallest absolute Gasteiger partial charge is 0.317 e. The lowest BCUT2D eigenvalue weighted by atomic mass is 10.2. The van der Waals surface area contributed by atoms with E-state index in [0.29, 0.717) is 6.54 Å². The van der Waals surface area contributed by atoms with Crippen molar-refractivity contribution in [3.05, 3.63) is 47.3 Å². The number of carbonyl (C=O) groups is 1. The van der Waals surface area contributed by atoms with E-state index in [9.17, 15) is 4.79 Å². The molecule has 1 aromatic heterocycles. The predicted octanol–water partition coefficient (Wildman–Crippen LogP) is 2.66. The molecule has 1 aromatic carbocycles. The van der Waals surface area contributed by atoms with Crippen LogP contribution in [0.3, 0.4) is 0 Å². The van der Waals surface area contributed by atoms with Gasteiger partial charge in [0.1, 0.15) is 0 Å². The zero-order chi connectivity index (χ0) is 16.2. The van der Waals surface area contributed by atoms with E-state index in [1.165, 1.54) is 11.3 Å². The number of benzene rings is 1. The molecule has 5 nitrogen and oxygen atoms in total. The number of aromatic nitrogens is 2. The Morgan fingerprint density at radius 3 is 2.78 bits per heavy atom. The van der Waals surface area contributed by atoms with Gasteiger partial charge in [0.2, 0.25) is 0 Å². The first-order chi connectivity index (χ1) is 11.2. The average Bonchev–Trinajstić information content (AvgIpc) is 3.11. The predicted molar refractivity (Wildman–Crippen MR) is 88.8 cm³/mol. The third-order valence-corrected chi connectivity index (χ3v) is 4.29. The van der Waals surface area contributed by atoms with Crippen LogP contribution in [-0.2, 0) is 24.2 Å². The topological polar surface area (TPSA) is 58.4 Å². The van der Waals surface area contributed by atoms with Crippen LogP contribution in [0.1, 0.15) is 36.7 Å². The number of hydrogen-bond acceptors (Lipinski definition) is 3. The van der Waals surface area contributed by atoms with Gasteiger partial charge in [-0.05, 0) is 49.9 Å². The summed E-state index contributed by atoms with van der Waals surface area (Å²) in [7, 11) is 0. The Labute approximate surface area is 136 Å². The lowest BCUT2D eigenvalue weighted by molar-refractivity contribution is -0.138. The van der Waals surface area contributed by atoms with E-state index >= 15 is 0 Å². The van der Waals surface area contributed by atoms with Crippen molar-refractivity contribution in [3.63, 3.8) is 0 Å². The van der Waals surface area contributed by atoms with Gasteiger partial charge in [-0.15, -0.1) is 0 Å². The summed E-state index contributed by atoms with van der Waals surface area (Å²) in [4.78, 5) is 13.0. The van der Waals surface area contributed by atoms with Crippen LogP contribution in [-0.4, -0.2) is 38.8 Å². The zero-order valence-corrected chi connectivity index (χ0v) is 13.5. The van der Waals surface area contributed by atoms with Gasteiger partial charge in [0.15, 0.2) is 0 Å². The molecule has 3 rings (SSSR count). The maximum Gasteiger partial charge on any atom is 0.317 e. The van der Waals surface area contributed by atoms with E-state index in [1.54, 1.807) is 0 Å². The number of rotatable bonds is 7. The minimum absolute atomic E-state index is 0.0702. The Bertz CT molecular complexity index is 679. The summed E-state index contributed by atoms with van der Waals surface area (Å²) in [6.45, 7) is 3.53. The summed E-state index contributed by atoms with van der Waals surface area (Å²) in [6.07, 6.45) is 4.18. The van der Waals surface area contributed by atoms with Gasteiger partial charge in [-0.25, -0.2) is 4.68 Å². The lowest BCUT2D eigenvalue weighted by Crippen LogP contribution is -2.30. The van der Waals surface area contributed by atoms with Gasteiger partial charge >= 0.3 is 5.97 Å². The molecule has 0 unspecified atom stereocenters. The fourth-order valence-corrected chi connectivity index (χ4v) is 3.36. The SMILES string of the molecule is CCCN(CC(=O)O)Cc1nn(-c2ccccc2)c2c1CCC2. The number of para-hydroxylation sites is 1. The lowest BCUT2D eigenvalue weighted by Gasteiger charge is -2.18. The molecule has 2 aromatic rings. The highest BCUT2D eigenvalue weighted by atomic mass is 16.4. The van der Waals surface area contributed by atoms with E-state index in [0.717, 1.165) is 43.6 Å². The Hall–Kier alpha value is -2.14. The largest absolute Gasteiger partial charge is 0.480 e. The molecule has 122 valence electrons. The molecule has 0 aliphatic heterocycles. The fraction of sp³-hybridized carbons (Fsp3) is 0.444. The number of aliphatic carboxylic acids is 1. The first-order valence-electron chi connectivity index (χ1n) is 8.28. The van der Waals surface area contributed by atoms with Crippen LogP contribution in [0.15, 0.2) is 30.3 Å². The van der Waals surface area contributed by atoms with Crippen molar-refractivity contribution in [2.75, 3.05) is 13.1 Å². The third kappa shape index (κ3) is 3.45. The van der Waals surface area contributed by atoms with Crippen molar-refractivity contribution >= 4 is 5.97 Å². The Balaban J connectivity index is 1.89. The van der Waals surface area contributed by atoms with Crippen LogP contribution in [0.25, 0.3) is 5.69 Å². The molecule has 0 spiro atoms. The highest BCUT2D eigenvalue weighted by molar-refractivity contribution is 5.69. The first kappa shape index (κ1) is 15.7. The molecule has 0 saturated carbocycles. The van der Waals surface area contributed by atoms with Crippen LogP contribution in [0.2, 0.25) is 0 Å². The van der Waals surface area contributed by atoms with Crippen LogP contribution in [0, 0.1) is 0 Å². The Kier molecular flexibility index (Phi) is 4.76. The number of carboxylic acids is 1. The standard InChI is InChI=1S/C18H23N3O2/c1-2-11-20(13-18(22)23)12-16-15-9-6-10-17(15)21(19-16)14-7-4-3-5-8-14/h3-5,7-8H,2,6,9-13H2,1H3,(H,22,23). The number of carboxylic acid groups (broad SMARTS) is 1. The second-order valence-corrected chi connectivity index (χ2v) is 6.08. The zero-order valence-electron chi connectivity index (χ0n) is 13.5. The monoisotopic (exact) mass is 313 g/mol. The van der Waals surface area contributed by atoms with Crippen molar-refractivity contribution in [2.24, 2.45) is 0 Å². The molecule has 1 N–H and O–H groups in total. The summed E-state index contributed by atoms with van der Waals surface area (Å²) in [6, 6.07) is 10.2. The minimum atomic E-state index is -0.780. The van der Waals surface area contributed by atoms with Crippen molar-refractivity contribution in [2.45, 2.75) is 39.2 Å². The highest BCUT2D eigenvalue weighted by Gasteiger charge is 2.24. The van der Waals surface area contributed by atoms with Gasteiger partial charge in [0.25, 0.3) is 0 Å². The molecule has 1 heterocycles. The van der Waals surface area contributed by atoms with Gasteiger partial charge in [0, 0.05) is 12.2 Å². The van der Waals surface area contributed by atoms with Crippen molar-refractivity contribution in [3.8, 4) is 5.69 Å². The van der Waals surface area contributed by atoms with Crippen LogP contribution < -0.4 is 0 Å². The summed E-state index contributed by atoms with van der Waals surface area (Å²) in [5, 5.41) is 13.9. The summed E-state index contributed by atoms with van der Waals surface area (Å²) in [5.41, 5.74) is 4.73. The molecule has 1 aliphatic rings. The molecular formula is C18H23N3O2. The number of nitrogens with zero attached hydrogens (tertiary/aromatic N) is 3. The van der Waals surface area contributed by atoms with E-state index in [1.807, 2.05) is 27.8 Å². The van der Waals surface area contributed by atoms with Gasteiger partial charge in [-0.3, -0.25) is 9.69 Å². The highest BCUT2D eigenvalue weighted by Crippen LogP contribution is 2.28. The van der Waals surface area contributed by atoms with Crippen LogP contribution >= 0.6 is 0 Å². The van der Waals surface area contributed by atoms with Gasteiger partial charge in [0.05, 0.1) is 17.9 Å². The average molecular weight is 313 g/mol. The quantitative estimate of drug-likeness (QED) is 0.854. The molecule has 0 bridgehead atoms. The molecule has 0 fully saturated rings. The van der Waals surface area contributed by atoms with E-state index in [4.69, 9.17) is 10.2 Å². The molecule has 1 aliphatic carbocycles. The van der Waals surface area contributed by atoms with Crippen LogP contribution in [0.4, 0.5) is 0 Å². The molecule has 0 amide bonds. The van der Waals surface area contributed by atoms with E-state index in [2.05, 4.69) is 19.1 Å². The van der Waals surface area contributed by atoms with Crippen LogP contribution in [0.5, 0.6) is 0 Å². The third-order valence-electron chi connectivity index (χ3n) is 4.29. The van der Waals surface area contributed by atoms with Gasteiger partial charge in [-0.2, -0.15) is 5.10 Å². The van der Waals surface area contributed by atoms with E-state index < -0.39 is 5.97 Å². The normalized spacial score (nSPS) is 13.5. The summed E-state index contributed by atoms with van der Waals surface area (Å²) >= 11 is 0. The Morgan fingerprint density at radius 1 is 1.30 bits per heavy atom. The maximum atomic E-state index is 11.1. The minimum Gasteiger partial charge on any atom is -0.480 e. The molecule has 23 heavy (non-hydrogen) atoms. The first-order valence-corrected chi connectivity index (χ1v) is 8.28. The number of hydrogen-bond donors (Lipinski definition) is 1. The van der Waals surface area contributed by atoms with Gasteiger partial charge < -0.3 is 5.11 Å². The molecular weight excluding hydrogens is 290 g/mol. The Morgan fingerprint density at radius 2 is 2.09 bits per heavy atom. The summed E-state index contributed by atoms with van der Waals surface area (Å²) < 4.78 is 2.04. The molecule has 0 atom stereocenters. The second kappa shape index (κ2) is 6.96. The van der Waals surface area contributed by atoms with E-state index in [-0.39, 0.29) is 6.54 Å². The maximum absolute atomic E-state index is 11.1. The second-order valence-electron chi connectivity index (χ2n) is 6.08. The van der Waals surface area contributed by atoms with Crippen molar-refractivity contribution in [1.82, 2.24) is 14.7 Å². The molecule has 5 heteroatoms. The van der Waals surface area contributed by atoms with Crippen molar-refractivity contribution < 1.29 is 9.90 Å². The number of fused-ring (bicyclic) bond motifs is 1. The van der Waals surface area contributed by atoms with Gasteiger partial charge in [-0.1, -0.05) is 25.1 Å². The molecule has 0 radical (unpaired) electrons.